The van der Waals surface area contributed by atoms with Crippen molar-refractivity contribution in [1.82, 2.24) is 20.2 Å². The van der Waals surface area contributed by atoms with Crippen LogP contribution in [-0.2, 0) is 6.54 Å². The van der Waals surface area contributed by atoms with Crippen molar-refractivity contribution in [1.29, 1.82) is 0 Å². The predicted octanol–water partition coefficient (Wildman–Crippen LogP) is -0.125. The molecule has 7 heteroatoms. The van der Waals surface area contributed by atoms with E-state index in [-0.39, 0.29) is 6.04 Å². The lowest BCUT2D eigenvalue weighted by atomic mass is 10.0. The van der Waals surface area contributed by atoms with E-state index in [9.17, 15) is 0 Å². The molecule has 136 valence electrons. The maximum absolute atomic E-state index is 6.11. The van der Waals surface area contributed by atoms with Crippen LogP contribution in [0.4, 0.5) is 0 Å². The highest BCUT2D eigenvalue weighted by atomic mass is 35.5. The fourth-order valence-corrected chi connectivity index (χ4v) is 3.59. The smallest absolute Gasteiger partial charge is 0.214 e. The van der Waals surface area contributed by atoms with E-state index in [4.69, 9.17) is 11.6 Å². The van der Waals surface area contributed by atoms with Crippen molar-refractivity contribution in [2.75, 3.05) is 33.2 Å². The molecule has 3 rings (SSSR count). The number of halogens is 1. The molecule has 1 aliphatic rings. The number of rotatable bonds is 6. The number of aryl methyl sites for hydroxylation is 1. The summed E-state index contributed by atoms with van der Waals surface area (Å²) in [6.45, 7) is 9.92. The van der Waals surface area contributed by atoms with Crippen LogP contribution in [0.2, 0.25) is 5.02 Å². The molecule has 0 radical (unpaired) electrons. The number of benzene rings is 1. The second-order valence-corrected chi connectivity index (χ2v) is 7.98. The Bertz CT molecular complexity index is 660. The van der Waals surface area contributed by atoms with E-state index in [0.29, 0.717) is 5.92 Å². The minimum absolute atomic E-state index is 0.160. The molecule has 1 aliphatic heterocycles. The Hall–Kier alpha value is -1.50. The Morgan fingerprint density at radius 2 is 1.80 bits per heavy atom. The quantitative estimate of drug-likeness (QED) is 0.751. The molecule has 1 fully saturated rings. The number of hydrogen-bond acceptors (Lipinski definition) is 3. The highest BCUT2D eigenvalue weighted by Crippen LogP contribution is 2.20. The summed E-state index contributed by atoms with van der Waals surface area (Å²) in [4.78, 5) is 3.13. The molecular weight excluding hydrogens is 336 g/mol. The average Bonchev–Trinajstić information content (AvgIpc) is 3.05. The SMILES string of the molecule is CC(C)CCn1nnnc1[C@H](c1ccc(Cl)cc1)[NH+]1CC[NH+](C)CC1. The number of nitrogens with zero attached hydrogens (tertiary/aromatic N) is 4. The molecule has 2 heterocycles. The Morgan fingerprint density at radius 1 is 1.12 bits per heavy atom. The standard InChI is InChI=1S/C18H27ClN6/c1-14(2)8-9-25-18(20-21-22-25)17(15-4-6-16(19)7-5-15)24-12-10-23(3)11-13-24/h4-7,14,17H,8-13H2,1-3H3/p+2/t17-/m0/s1. The third kappa shape index (κ3) is 4.57. The Labute approximate surface area is 154 Å². The molecular formula is C18H29ClN6+2. The maximum Gasteiger partial charge on any atom is 0.214 e. The fraction of sp³-hybridized carbons (Fsp3) is 0.611. The van der Waals surface area contributed by atoms with Gasteiger partial charge >= 0.3 is 0 Å². The van der Waals surface area contributed by atoms with Gasteiger partial charge in [0.2, 0.25) is 5.82 Å². The molecule has 0 bridgehead atoms. The molecule has 1 aromatic carbocycles. The molecule has 0 amide bonds. The van der Waals surface area contributed by atoms with Gasteiger partial charge in [-0.1, -0.05) is 37.6 Å². The van der Waals surface area contributed by atoms with Crippen LogP contribution in [0, 0.1) is 5.92 Å². The summed E-state index contributed by atoms with van der Waals surface area (Å²) < 4.78 is 2.00. The van der Waals surface area contributed by atoms with Gasteiger partial charge in [0, 0.05) is 17.1 Å². The van der Waals surface area contributed by atoms with Crippen LogP contribution in [0.25, 0.3) is 0 Å². The van der Waals surface area contributed by atoms with Gasteiger partial charge in [-0.05, 0) is 34.9 Å². The lowest BCUT2D eigenvalue weighted by Gasteiger charge is -2.32. The summed E-state index contributed by atoms with van der Waals surface area (Å²) in [5.74, 6) is 1.60. The third-order valence-electron chi connectivity index (χ3n) is 5.09. The predicted molar refractivity (Wildman–Crippen MR) is 97.9 cm³/mol. The number of aromatic nitrogens is 4. The summed E-state index contributed by atoms with van der Waals surface area (Å²) in [7, 11) is 2.26. The normalized spacial score (nSPS) is 22.3. The van der Waals surface area contributed by atoms with Crippen LogP contribution >= 0.6 is 11.6 Å². The summed E-state index contributed by atoms with van der Waals surface area (Å²) in [6.07, 6.45) is 1.08. The van der Waals surface area contributed by atoms with Crippen molar-refractivity contribution in [2.24, 2.45) is 5.92 Å². The lowest BCUT2D eigenvalue weighted by molar-refractivity contribution is -1.02. The minimum Gasteiger partial charge on any atom is -0.328 e. The molecule has 0 unspecified atom stereocenters. The third-order valence-corrected chi connectivity index (χ3v) is 5.35. The summed E-state index contributed by atoms with van der Waals surface area (Å²) in [5, 5.41) is 13.5. The second-order valence-electron chi connectivity index (χ2n) is 7.54. The molecule has 0 saturated carbocycles. The summed E-state index contributed by atoms with van der Waals surface area (Å²) in [6, 6.07) is 8.33. The Morgan fingerprint density at radius 3 is 2.44 bits per heavy atom. The van der Waals surface area contributed by atoms with Gasteiger partial charge in [0.15, 0.2) is 6.04 Å². The van der Waals surface area contributed by atoms with Gasteiger partial charge in [-0.2, -0.15) is 0 Å². The molecule has 2 aromatic rings. The van der Waals surface area contributed by atoms with Gasteiger partial charge < -0.3 is 9.80 Å². The van der Waals surface area contributed by atoms with Gasteiger partial charge in [0.25, 0.3) is 0 Å². The van der Waals surface area contributed by atoms with E-state index in [1.165, 1.54) is 23.6 Å². The number of piperazine rings is 1. The van der Waals surface area contributed by atoms with Crippen LogP contribution < -0.4 is 9.80 Å². The van der Waals surface area contributed by atoms with Gasteiger partial charge in [0.05, 0.1) is 7.05 Å². The topological polar surface area (TPSA) is 52.5 Å². The summed E-state index contributed by atoms with van der Waals surface area (Å²) >= 11 is 6.11. The average molecular weight is 365 g/mol. The van der Waals surface area contributed by atoms with Crippen molar-refractivity contribution in [2.45, 2.75) is 32.9 Å². The van der Waals surface area contributed by atoms with Gasteiger partial charge in [-0.25, -0.2) is 4.68 Å². The first kappa shape index (κ1) is 18.3. The van der Waals surface area contributed by atoms with Gasteiger partial charge in [-0.3, -0.25) is 0 Å². The minimum atomic E-state index is 0.160. The zero-order valence-electron chi connectivity index (χ0n) is 15.4. The number of quaternary nitrogens is 2. The molecule has 1 saturated heterocycles. The molecule has 6 nitrogen and oxygen atoms in total. The summed E-state index contributed by atoms with van der Waals surface area (Å²) in [5.41, 5.74) is 1.24. The molecule has 1 atom stereocenters. The molecule has 2 N–H and O–H groups in total. The van der Waals surface area contributed by atoms with Crippen molar-refractivity contribution < 1.29 is 9.80 Å². The first-order valence-electron chi connectivity index (χ1n) is 9.22. The monoisotopic (exact) mass is 364 g/mol. The first-order valence-corrected chi connectivity index (χ1v) is 9.59. The largest absolute Gasteiger partial charge is 0.328 e. The molecule has 25 heavy (non-hydrogen) atoms. The van der Waals surface area contributed by atoms with Crippen LogP contribution in [0.1, 0.15) is 37.7 Å². The molecule has 0 spiro atoms. The zero-order valence-corrected chi connectivity index (χ0v) is 16.1. The first-order chi connectivity index (χ1) is 12.0. The van der Waals surface area contributed by atoms with Crippen molar-refractivity contribution in [3.63, 3.8) is 0 Å². The van der Waals surface area contributed by atoms with Crippen LogP contribution in [0.5, 0.6) is 0 Å². The maximum atomic E-state index is 6.11. The van der Waals surface area contributed by atoms with E-state index in [1.807, 2.05) is 16.8 Å². The number of tetrazole rings is 1. The highest BCUT2D eigenvalue weighted by molar-refractivity contribution is 6.30. The van der Waals surface area contributed by atoms with Crippen LogP contribution in [0.15, 0.2) is 24.3 Å². The fourth-order valence-electron chi connectivity index (χ4n) is 3.47. The van der Waals surface area contributed by atoms with Gasteiger partial charge in [0.1, 0.15) is 26.2 Å². The Balaban J connectivity index is 1.91. The number of likely N-dealkylation sites (N-methyl/N-ethyl adjacent to an activating group) is 1. The van der Waals surface area contributed by atoms with E-state index < -0.39 is 0 Å². The second kappa shape index (κ2) is 8.25. The van der Waals surface area contributed by atoms with E-state index in [2.05, 4.69) is 48.6 Å². The lowest BCUT2D eigenvalue weighted by Crippen LogP contribution is -3.27. The number of hydrogen-bond donors (Lipinski definition) is 2. The van der Waals surface area contributed by atoms with Gasteiger partial charge in [-0.15, -0.1) is 5.10 Å². The zero-order chi connectivity index (χ0) is 17.8. The number of nitrogens with one attached hydrogen (secondary N) is 2. The molecule has 0 aliphatic carbocycles. The van der Waals surface area contributed by atoms with Crippen molar-refractivity contribution in [3.05, 3.63) is 40.7 Å². The Kier molecular flexibility index (Phi) is 6.04. The van der Waals surface area contributed by atoms with Crippen molar-refractivity contribution in [3.8, 4) is 0 Å². The highest BCUT2D eigenvalue weighted by Gasteiger charge is 2.34. The van der Waals surface area contributed by atoms with E-state index >= 15 is 0 Å². The van der Waals surface area contributed by atoms with E-state index in [1.54, 1.807) is 4.90 Å². The van der Waals surface area contributed by atoms with Crippen LogP contribution in [-0.4, -0.2) is 53.4 Å². The molecule has 1 aromatic heterocycles. The van der Waals surface area contributed by atoms with Crippen molar-refractivity contribution >= 4 is 11.6 Å². The van der Waals surface area contributed by atoms with Crippen LogP contribution in [0.3, 0.4) is 0 Å². The van der Waals surface area contributed by atoms with E-state index in [0.717, 1.165) is 36.9 Å².